The third-order valence-electron chi connectivity index (χ3n) is 5.14. The molecular formula is C20H23N3O. The zero-order valence-corrected chi connectivity index (χ0v) is 14.5. The number of nitrogens with zero attached hydrogens (tertiary/aromatic N) is 3. The van der Waals surface area contributed by atoms with Gasteiger partial charge >= 0.3 is 0 Å². The molecule has 1 unspecified atom stereocenters. The van der Waals surface area contributed by atoms with Crippen LogP contribution in [0.2, 0.25) is 0 Å². The molecule has 3 aromatic rings. The Morgan fingerprint density at radius 3 is 2.92 bits per heavy atom. The Labute approximate surface area is 143 Å². The number of rotatable bonds is 3. The number of imidazole rings is 1. The monoisotopic (exact) mass is 322 g/mol. The van der Waals surface area contributed by atoms with Gasteiger partial charge in [0.15, 0.2) is 5.78 Å². The second kappa shape index (κ2) is 5.62. The van der Waals surface area contributed by atoms with Crippen molar-refractivity contribution in [3.8, 4) is 0 Å². The largest absolute Gasteiger partial charge is 0.344 e. The molecule has 1 atom stereocenters. The van der Waals surface area contributed by atoms with E-state index in [-0.39, 0.29) is 5.78 Å². The van der Waals surface area contributed by atoms with Gasteiger partial charge in [0.25, 0.3) is 0 Å². The molecule has 4 rings (SSSR count). The molecule has 4 nitrogen and oxygen atoms in total. The summed E-state index contributed by atoms with van der Waals surface area (Å²) in [5, 5.41) is 0.992. The number of ketones is 1. The fourth-order valence-electron chi connectivity index (χ4n) is 3.87. The molecule has 0 fully saturated rings. The molecule has 4 heteroatoms. The van der Waals surface area contributed by atoms with Gasteiger partial charge in [0.2, 0.25) is 0 Å². The smallest absolute Gasteiger partial charge is 0.170 e. The fourth-order valence-corrected chi connectivity index (χ4v) is 3.87. The molecule has 0 aliphatic heterocycles. The Hall–Kier alpha value is -2.36. The predicted octanol–water partition coefficient (Wildman–Crippen LogP) is 3.92. The lowest BCUT2D eigenvalue weighted by atomic mass is 9.84. The van der Waals surface area contributed by atoms with Crippen molar-refractivity contribution in [3.05, 3.63) is 53.2 Å². The van der Waals surface area contributed by atoms with E-state index >= 15 is 0 Å². The van der Waals surface area contributed by atoms with Gasteiger partial charge in [-0.05, 0) is 45.2 Å². The number of benzene rings is 1. The van der Waals surface area contributed by atoms with Gasteiger partial charge in [-0.2, -0.15) is 0 Å². The topological polar surface area (TPSA) is 39.8 Å². The lowest BCUT2D eigenvalue weighted by molar-refractivity contribution is 0.0888. The minimum Gasteiger partial charge on any atom is -0.344 e. The minimum absolute atomic E-state index is 0.0529. The van der Waals surface area contributed by atoms with Gasteiger partial charge in [0.1, 0.15) is 5.82 Å². The molecular weight excluding hydrogens is 298 g/mol. The summed E-state index contributed by atoms with van der Waals surface area (Å²) in [4.78, 5) is 17.6. The normalized spacial score (nSPS) is 21.1. The first-order valence-electron chi connectivity index (χ1n) is 9.09. The molecule has 124 valence electrons. The molecule has 1 aliphatic carbocycles. The van der Waals surface area contributed by atoms with Crippen molar-refractivity contribution in [3.63, 3.8) is 0 Å². The van der Waals surface area contributed by atoms with Gasteiger partial charge in [-0.1, -0.05) is 12.1 Å². The Morgan fingerprint density at radius 2 is 2.21 bits per heavy atom. The van der Waals surface area contributed by atoms with Crippen LogP contribution in [0.15, 0.2) is 30.6 Å². The maximum absolute atomic E-state index is 13.4. The first-order valence-corrected chi connectivity index (χ1v) is 8.59. The Balaban J connectivity index is 1.85. The van der Waals surface area contributed by atoms with E-state index in [1.807, 2.05) is 23.8 Å². The van der Waals surface area contributed by atoms with Crippen molar-refractivity contribution in [2.45, 2.75) is 46.7 Å². The number of aromatic nitrogens is 3. The maximum atomic E-state index is 13.4. The van der Waals surface area contributed by atoms with Crippen molar-refractivity contribution >= 4 is 16.7 Å². The van der Waals surface area contributed by atoms with Crippen molar-refractivity contribution in [1.29, 1.82) is 0 Å². The molecule has 0 amide bonds. The zero-order chi connectivity index (χ0) is 17.8. The Bertz CT molecular complexity index is 984. The van der Waals surface area contributed by atoms with E-state index < -0.39 is 5.89 Å². The van der Waals surface area contributed by atoms with E-state index in [1.165, 1.54) is 5.56 Å². The molecule has 0 radical (unpaired) electrons. The number of hydrogen-bond acceptors (Lipinski definition) is 2. The van der Waals surface area contributed by atoms with Crippen LogP contribution in [0.5, 0.6) is 0 Å². The Morgan fingerprint density at radius 1 is 1.38 bits per heavy atom. The summed E-state index contributed by atoms with van der Waals surface area (Å²) in [5.41, 5.74) is 4.16. The summed E-state index contributed by atoms with van der Waals surface area (Å²) in [5.74, 6) is -0.337. The molecule has 0 spiro atoms. The number of carbonyl (C=O) groups excluding carboxylic acids is 1. The van der Waals surface area contributed by atoms with Crippen LogP contribution in [-0.4, -0.2) is 19.9 Å². The van der Waals surface area contributed by atoms with E-state index in [1.54, 1.807) is 6.20 Å². The summed E-state index contributed by atoms with van der Waals surface area (Å²) in [7, 11) is 0. The fraction of sp³-hybridized carbons (Fsp3) is 0.400. The van der Waals surface area contributed by atoms with E-state index in [0.29, 0.717) is 13.0 Å². The van der Waals surface area contributed by atoms with Crippen LogP contribution in [-0.2, 0) is 19.5 Å². The lowest BCUT2D eigenvalue weighted by Gasteiger charge is -2.23. The van der Waals surface area contributed by atoms with Crippen molar-refractivity contribution in [1.82, 2.24) is 14.1 Å². The summed E-state index contributed by atoms with van der Waals surface area (Å²) >= 11 is 0. The second-order valence-corrected chi connectivity index (χ2v) is 6.62. The number of Topliss-reactive ketones (excluding diaryl/α,β-unsaturated/α-hetero) is 1. The van der Waals surface area contributed by atoms with Crippen molar-refractivity contribution in [2.75, 3.05) is 0 Å². The minimum atomic E-state index is -1.13. The van der Waals surface area contributed by atoms with Gasteiger partial charge in [0, 0.05) is 54.9 Å². The average molecular weight is 322 g/mol. The van der Waals surface area contributed by atoms with Crippen LogP contribution < -0.4 is 0 Å². The highest BCUT2D eigenvalue weighted by molar-refractivity contribution is 6.11. The summed E-state index contributed by atoms with van der Waals surface area (Å²) in [6, 6.07) is 6.24. The summed E-state index contributed by atoms with van der Waals surface area (Å²) in [6.07, 6.45) is 4.89. The Kier molecular flexibility index (Phi) is 3.28. The molecule has 1 aromatic carbocycles. The van der Waals surface area contributed by atoms with Gasteiger partial charge in [-0.15, -0.1) is 0 Å². The first kappa shape index (κ1) is 14.0. The third-order valence-corrected chi connectivity index (χ3v) is 5.14. The quantitative estimate of drug-likeness (QED) is 0.733. The van der Waals surface area contributed by atoms with E-state index in [0.717, 1.165) is 41.0 Å². The number of hydrogen-bond donors (Lipinski definition) is 0. The van der Waals surface area contributed by atoms with Crippen LogP contribution >= 0.6 is 0 Å². The van der Waals surface area contributed by atoms with Crippen molar-refractivity contribution in [2.24, 2.45) is 5.89 Å². The molecule has 0 saturated heterocycles. The summed E-state index contributed by atoms with van der Waals surface area (Å²) < 4.78 is 13.1. The number of carbonyl (C=O) groups is 1. The van der Waals surface area contributed by atoms with Crippen LogP contribution in [0.1, 0.15) is 42.2 Å². The highest BCUT2D eigenvalue weighted by Crippen LogP contribution is 2.35. The average Bonchev–Trinajstić information content (AvgIpc) is 3.12. The third kappa shape index (κ3) is 2.20. The van der Waals surface area contributed by atoms with Crippen LogP contribution in [0.25, 0.3) is 10.9 Å². The van der Waals surface area contributed by atoms with Crippen molar-refractivity contribution < 1.29 is 6.17 Å². The summed E-state index contributed by atoms with van der Waals surface area (Å²) in [6.45, 7) is 7.30. The SMILES string of the molecule is [2H]C1(Cn2ccnc2C)CCc2c(c3ccc(C)cc3n2CC)C1=O. The van der Waals surface area contributed by atoms with Crippen LogP contribution in [0, 0.1) is 19.7 Å². The first-order chi connectivity index (χ1) is 11.9. The maximum Gasteiger partial charge on any atom is 0.170 e. The van der Waals surface area contributed by atoms with Gasteiger partial charge in [0.05, 0.1) is 0 Å². The van der Waals surface area contributed by atoms with E-state index in [2.05, 4.69) is 35.5 Å². The second-order valence-electron chi connectivity index (χ2n) is 6.62. The van der Waals surface area contributed by atoms with Gasteiger partial charge in [-0.3, -0.25) is 4.79 Å². The highest BCUT2D eigenvalue weighted by Gasteiger charge is 2.32. The molecule has 0 N–H and O–H groups in total. The molecule has 0 saturated carbocycles. The number of fused-ring (bicyclic) bond motifs is 3. The molecule has 0 bridgehead atoms. The predicted molar refractivity (Wildman–Crippen MR) is 95.5 cm³/mol. The standard InChI is InChI=1S/C20H23N3O/c1-4-23-17-8-6-15(12-22-10-9-21-14(22)3)20(24)19(17)16-7-5-13(2)11-18(16)23/h5,7,9-11,15H,4,6,8,12H2,1-3H3/i15D. The number of aryl methyl sites for hydroxylation is 3. The van der Waals surface area contributed by atoms with E-state index in [4.69, 9.17) is 1.37 Å². The van der Waals surface area contributed by atoms with Crippen LogP contribution in [0.3, 0.4) is 0 Å². The molecule has 2 aromatic heterocycles. The van der Waals surface area contributed by atoms with E-state index in [9.17, 15) is 4.79 Å². The molecule has 1 aliphatic rings. The van der Waals surface area contributed by atoms with Crippen LogP contribution in [0.4, 0.5) is 0 Å². The van der Waals surface area contributed by atoms with Gasteiger partial charge in [-0.25, -0.2) is 4.98 Å². The highest BCUT2D eigenvalue weighted by atomic mass is 16.1. The molecule has 2 heterocycles. The zero-order valence-electron chi connectivity index (χ0n) is 15.5. The lowest BCUT2D eigenvalue weighted by Crippen LogP contribution is -2.27. The molecule has 24 heavy (non-hydrogen) atoms. The van der Waals surface area contributed by atoms with Gasteiger partial charge < -0.3 is 9.13 Å².